The molecule has 0 saturated heterocycles. The second-order valence-corrected chi connectivity index (χ2v) is 2.99. The van der Waals surface area contributed by atoms with Crippen LogP contribution in [0.15, 0.2) is 24.4 Å². The summed E-state index contributed by atoms with van der Waals surface area (Å²) in [5.74, 6) is 0.0334. The molecule has 0 aliphatic heterocycles. The molecule has 4 heteroatoms. The summed E-state index contributed by atoms with van der Waals surface area (Å²) in [7, 11) is 0. The van der Waals surface area contributed by atoms with Crippen LogP contribution in [0.3, 0.4) is 0 Å². The highest BCUT2D eigenvalue weighted by Crippen LogP contribution is 1.92. The van der Waals surface area contributed by atoms with Crippen molar-refractivity contribution in [1.82, 2.24) is 10.3 Å². The molecule has 0 aromatic carbocycles. The molecule has 0 fully saturated rings. The van der Waals surface area contributed by atoms with Gasteiger partial charge < -0.3 is 11.1 Å². The van der Waals surface area contributed by atoms with Crippen molar-refractivity contribution in [1.29, 1.82) is 0 Å². The molecule has 0 unspecified atom stereocenters. The van der Waals surface area contributed by atoms with Crippen molar-refractivity contribution in [2.24, 2.45) is 5.73 Å². The molecule has 1 aromatic rings. The first-order valence-corrected chi connectivity index (χ1v) is 4.65. The summed E-state index contributed by atoms with van der Waals surface area (Å²) in [5.41, 5.74) is 6.19. The zero-order valence-electron chi connectivity index (χ0n) is 8.07. The van der Waals surface area contributed by atoms with E-state index >= 15 is 0 Å². The second-order valence-electron chi connectivity index (χ2n) is 2.99. The summed E-state index contributed by atoms with van der Waals surface area (Å²) in [6, 6.07) is 5.80. The predicted octanol–water partition coefficient (Wildman–Crippen LogP) is -0.258. The molecule has 1 aromatic heterocycles. The topological polar surface area (TPSA) is 68.0 Å². The summed E-state index contributed by atoms with van der Waals surface area (Å²) in [5, 5.41) is 3.02. The number of nitrogens with zero attached hydrogens (tertiary/aromatic N) is 1. The van der Waals surface area contributed by atoms with Crippen LogP contribution < -0.4 is 11.1 Å². The lowest BCUT2D eigenvalue weighted by atomic mass is 10.2. The smallest absolute Gasteiger partial charge is 0.160 e. The average molecular weight is 193 g/mol. The summed E-state index contributed by atoms with van der Waals surface area (Å²) < 4.78 is 0. The highest BCUT2D eigenvalue weighted by atomic mass is 16.1. The molecule has 0 aliphatic rings. The normalized spacial score (nSPS) is 10.1. The van der Waals surface area contributed by atoms with Gasteiger partial charge in [0.2, 0.25) is 0 Å². The Hall–Kier alpha value is -1.26. The van der Waals surface area contributed by atoms with Gasteiger partial charge >= 0.3 is 0 Å². The highest BCUT2D eigenvalue weighted by Gasteiger charge is 1.97. The third kappa shape index (κ3) is 4.11. The van der Waals surface area contributed by atoms with Gasteiger partial charge in [-0.3, -0.25) is 9.78 Å². The number of ketones is 1. The third-order valence-electron chi connectivity index (χ3n) is 1.83. The van der Waals surface area contributed by atoms with Crippen molar-refractivity contribution in [3.8, 4) is 0 Å². The molecule has 0 spiro atoms. The molecule has 1 heterocycles. The molecule has 0 radical (unpaired) electrons. The van der Waals surface area contributed by atoms with Crippen LogP contribution in [0.1, 0.15) is 5.69 Å². The molecule has 76 valence electrons. The number of hydrogen-bond donors (Lipinski definition) is 2. The minimum absolute atomic E-state index is 0.0334. The first-order chi connectivity index (χ1) is 6.83. The van der Waals surface area contributed by atoms with Crippen LogP contribution in [0.2, 0.25) is 0 Å². The van der Waals surface area contributed by atoms with Crippen molar-refractivity contribution >= 4 is 5.78 Å². The van der Waals surface area contributed by atoms with Gasteiger partial charge in [0.25, 0.3) is 0 Å². The molecule has 14 heavy (non-hydrogen) atoms. The van der Waals surface area contributed by atoms with Gasteiger partial charge in [0.05, 0.1) is 13.1 Å². The molecule has 0 atom stereocenters. The van der Waals surface area contributed by atoms with E-state index in [1.54, 1.807) is 6.20 Å². The maximum Gasteiger partial charge on any atom is 0.160 e. The van der Waals surface area contributed by atoms with Crippen LogP contribution in [0.4, 0.5) is 0 Å². The largest absolute Gasteiger partial charge is 0.324 e. The van der Waals surface area contributed by atoms with E-state index in [1.165, 1.54) is 0 Å². The van der Waals surface area contributed by atoms with Gasteiger partial charge in [0.15, 0.2) is 5.78 Å². The van der Waals surface area contributed by atoms with E-state index in [9.17, 15) is 4.79 Å². The van der Waals surface area contributed by atoms with Crippen LogP contribution in [-0.2, 0) is 11.2 Å². The molecule has 0 aliphatic carbocycles. The first kappa shape index (κ1) is 10.8. The number of aromatic nitrogens is 1. The highest BCUT2D eigenvalue weighted by molar-refractivity contribution is 5.82. The lowest BCUT2D eigenvalue weighted by Gasteiger charge is -2.02. The van der Waals surface area contributed by atoms with E-state index < -0.39 is 0 Å². The van der Waals surface area contributed by atoms with E-state index in [1.807, 2.05) is 18.2 Å². The Bertz CT molecular complexity index is 274. The maximum atomic E-state index is 10.8. The Kier molecular flexibility index (Phi) is 4.82. The molecule has 0 amide bonds. The fourth-order valence-electron chi connectivity index (χ4n) is 1.06. The number of nitrogens with one attached hydrogen (secondary N) is 1. The lowest BCUT2D eigenvalue weighted by Crippen LogP contribution is -2.29. The van der Waals surface area contributed by atoms with E-state index in [2.05, 4.69) is 10.3 Å². The van der Waals surface area contributed by atoms with Crippen LogP contribution in [-0.4, -0.2) is 30.4 Å². The fourth-order valence-corrected chi connectivity index (χ4v) is 1.06. The predicted molar refractivity (Wildman–Crippen MR) is 54.9 cm³/mol. The average Bonchev–Trinajstić information content (AvgIpc) is 2.25. The van der Waals surface area contributed by atoms with Gasteiger partial charge in [-0.15, -0.1) is 0 Å². The molecular weight excluding hydrogens is 178 g/mol. The summed E-state index contributed by atoms with van der Waals surface area (Å²) in [6.45, 7) is 1.21. The van der Waals surface area contributed by atoms with E-state index in [0.717, 1.165) is 18.7 Å². The fraction of sp³-hybridized carbons (Fsp3) is 0.400. The Balaban J connectivity index is 2.13. The number of carbonyl (C=O) groups is 1. The zero-order chi connectivity index (χ0) is 10.2. The Morgan fingerprint density at radius 1 is 1.50 bits per heavy atom. The molecule has 0 bridgehead atoms. The van der Waals surface area contributed by atoms with Gasteiger partial charge in [0.1, 0.15) is 0 Å². The Labute approximate surface area is 83.5 Å². The van der Waals surface area contributed by atoms with Crippen LogP contribution in [0, 0.1) is 0 Å². The zero-order valence-corrected chi connectivity index (χ0v) is 8.07. The quantitative estimate of drug-likeness (QED) is 0.611. The second kappa shape index (κ2) is 6.23. The van der Waals surface area contributed by atoms with Gasteiger partial charge in [-0.1, -0.05) is 6.07 Å². The van der Waals surface area contributed by atoms with Crippen molar-refractivity contribution in [2.45, 2.75) is 6.42 Å². The maximum absolute atomic E-state index is 10.8. The molecule has 3 N–H and O–H groups in total. The number of nitrogens with two attached hydrogens (primary N) is 1. The number of Topliss-reactive ketones (excluding diaryl/α,β-unsaturated/α-hetero) is 1. The summed E-state index contributed by atoms with van der Waals surface area (Å²) in [4.78, 5) is 15.0. The Morgan fingerprint density at radius 2 is 2.36 bits per heavy atom. The number of rotatable bonds is 6. The van der Waals surface area contributed by atoms with E-state index in [0.29, 0.717) is 6.54 Å². The van der Waals surface area contributed by atoms with Gasteiger partial charge in [0, 0.05) is 24.9 Å². The minimum atomic E-state index is 0.0334. The molecule has 4 nitrogen and oxygen atoms in total. The van der Waals surface area contributed by atoms with Gasteiger partial charge in [-0.25, -0.2) is 0 Å². The summed E-state index contributed by atoms with van der Waals surface area (Å²) >= 11 is 0. The minimum Gasteiger partial charge on any atom is -0.324 e. The van der Waals surface area contributed by atoms with Crippen LogP contribution in [0.25, 0.3) is 0 Å². The molecule has 1 rings (SSSR count). The van der Waals surface area contributed by atoms with Gasteiger partial charge in [-0.2, -0.15) is 0 Å². The Morgan fingerprint density at radius 3 is 3.00 bits per heavy atom. The van der Waals surface area contributed by atoms with Crippen LogP contribution >= 0.6 is 0 Å². The standard InChI is InChI=1S/C10H15N3O/c11-7-10(14)8-12-6-4-9-3-1-2-5-13-9/h1-3,5,12H,4,6-8,11H2. The van der Waals surface area contributed by atoms with E-state index in [4.69, 9.17) is 5.73 Å². The number of pyridine rings is 1. The van der Waals surface area contributed by atoms with Crippen molar-refractivity contribution in [3.63, 3.8) is 0 Å². The molecular formula is C10H15N3O. The van der Waals surface area contributed by atoms with Crippen LogP contribution in [0.5, 0.6) is 0 Å². The van der Waals surface area contributed by atoms with E-state index in [-0.39, 0.29) is 12.3 Å². The SMILES string of the molecule is NCC(=O)CNCCc1ccccn1. The third-order valence-corrected chi connectivity index (χ3v) is 1.83. The van der Waals surface area contributed by atoms with Gasteiger partial charge in [-0.05, 0) is 12.1 Å². The lowest BCUT2D eigenvalue weighted by molar-refractivity contribution is -0.116. The number of carbonyl (C=O) groups excluding carboxylic acids is 1. The monoisotopic (exact) mass is 193 g/mol. The van der Waals surface area contributed by atoms with Crippen molar-refractivity contribution in [2.75, 3.05) is 19.6 Å². The number of hydrogen-bond acceptors (Lipinski definition) is 4. The summed E-state index contributed by atoms with van der Waals surface area (Å²) in [6.07, 6.45) is 2.60. The first-order valence-electron chi connectivity index (χ1n) is 4.65. The van der Waals surface area contributed by atoms with Crippen molar-refractivity contribution in [3.05, 3.63) is 30.1 Å². The molecule has 0 saturated carbocycles. The van der Waals surface area contributed by atoms with Crippen molar-refractivity contribution < 1.29 is 4.79 Å².